The Morgan fingerprint density at radius 2 is 2.24 bits per heavy atom. The summed E-state index contributed by atoms with van der Waals surface area (Å²) in [5, 5.41) is 0. The maximum absolute atomic E-state index is 6.16. The molecule has 17 heavy (non-hydrogen) atoms. The minimum Gasteiger partial charge on any atom is -0.493 e. The van der Waals surface area contributed by atoms with Gasteiger partial charge in [0, 0.05) is 6.04 Å². The van der Waals surface area contributed by atoms with E-state index in [1.165, 1.54) is 24.0 Å². The summed E-state index contributed by atoms with van der Waals surface area (Å²) in [7, 11) is 0. The predicted molar refractivity (Wildman–Crippen MR) is 69.3 cm³/mol. The fourth-order valence-electron chi connectivity index (χ4n) is 2.74. The van der Waals surface area contributed by atoms with Gasteiger partial charge in [0.1, 0.15) is 5.75 Å². The van der Waals surface area contributed by atoms with E-state index >= 15 is 0 Å². The molecule has 0 spiro atoms. The summed E-state index contributed by atoms with van der Waals surface area (Å²) in [6.45, 7) is 0.874. The number of benzene rings is 1. The maximum atomic E-state index is 6.16. The second kappa shape index (κ2) is 4.69. The van der Waals surface area contributed by atoms with Gasteiger partial charge in [0.2, 0.25) is 0 Å². The summed E-state index contributed by atoms with van der Waals surface area (Å²) in [4.78, 5) is 0. The Bertz CT molecular complexity index is 398. The van der Waals surface area contributed by atoms with Crippen molar-refractivity contribution in [2.24, 2.45) is 11.7 Å². The van der Waals surface area contributed by atoms with Gasteiger partial charge in [-0.1, -0.05) is 18.2 Å². The lowest BCUT2D eigenvalue weighted by atomic mass is 9.97. The number of fused-ring (bicyclic) bond motifs is 1. The molecule has 1 heterocycles. The third-order valence-electron chi connectivity index (χ3n) is 3.99. The molecule has 0 saturated heterocycles. The highest BCUT2D eigenvalue weighted by Gasteiger charge is 2.28. The lowest BCUT2D eigenvalue weighted by Gasteiger charge is -2.21. The van der Waals surface area contributed by atoms with Gasteiger partial charge in [0.25, 0.3) is 0 Å². The summed E-state index contributed by atoms with van der Waals surface area (Å²) in [5.74, 6) is 1.96. The molecule has 0 bridgehead atoms. The molecule has 92 valence electrons. The van der Waals surface area contributed by atoms with E-state index in [4.69, 9.17) is 10.5 Å². The Kier molecular flexibility index (Phi) is 3.06. The topological polar surface area (TPSA) is 35.2 Å². The van der Waals surface area contributed by atoms with Crippen LogP contribution in [0.5, 0.6) is 5.75 Å². The van der Waals surface area contributed by atoms with E-state index in [1.807, 2.05) is 0 Å². The molecule has 0 amide bonds. The first-order valence-corrected chi connectivity index (χ1v) is 6.84. The molecule has 0 radical (unpaired) electrons. The van der Waals surface area contributed by atoms with Crippen LogP contribution < -0.4 is 10.5 Å². The average molecular weight is 231 g/mol. The SMILES string of the molecule is NC(CCc1cccc2c1OCCC2)C1CC1. The van der Waals surface area contributed by atoms with Gasteiger partial charge < -0.3 is 10.5 Å². The van der Waals surface area contributed by atoms with Crippen LogP contribution in [-0.2, 0) is 12.8 Å². The van der Waals surface area contributed by atoms with E-state index in [1.54, 1.807) is 0 Å². The third kappa shape index (κ3) is 2.47. The van der Waals surface area contributed by atoms with Crippen molar-refractivity contribution < 1.29 is 4.74 Å². The number of aryl methyl sites for hydroxylation is 2. The quantitative estimate of drug-likeness (QED) is 0.864. The van der Waals surface area contributed by atoms with Crippen LogP contribution in [0.2, 0.25) is 0 Å². The fraction of sp³-hybridized carbons (Fsp3) is 0.600. The summed E-state index contributed by atoms with van der Waals surface area (Å²) < 4.78 is 5.82. The Morgan fingerprint density at radius 3 is 3.06 bits per heavy atom. The number of para-hydroxylation sites is 1. The molecule has 2 heteroatoms. The molecular weight excluding hydrogens is 210 g/mol. The van der Waals surface area contributed by atoms with Crippen LogP contribution >= 0.6 is 0 Å². The average Bonchev–Trinajstić information content (AvgIpc) is 3.20. The highest BCUT2D eigenvalue weighted by molar-refractivity contribution is 5.42. The number of ether oxygens (including phenoxy) is 1. The van der Waals surface area contributed by atoms with Crippen LogP contribution in [0.3, 0.4) is 0 Å². The zero-order valence-electron chi connectivity index (χ0n) is 10.3. The molecule has 2 aliphatic rings. The summed E-state index contributed by atoms with van der Waals surface area (Å²) >= 11 is 0. The number of hydrogen-bond donors (Lipinski definition) is 1. The first-order chi connectivity index (χ1) is 8.34. The first kappa shape index (κ1) is 11.1. The van der Waals surface area contributed by atoms with Crippen LogP contribution in [0.4, 0.5) is 0 Å². The minimum atomic E-state index is 0.398. The molecule has 1 aliphatic carbocycles. The van der Waals surface area contributed by atoms with Crippen molar-refractivity contribution in [1.29, 1.82) is 0 Å². The van der Waals surface area contributed by atoms with Gasteiger partial charge in [0.05, 0.1) is 6.61 Å². The summed E-state index contributed by atoms with van der Waals surface area (Å²) in [5.41, 5.74) is 8.90. The molecule has 3 rings (SSSR count). The van der Waals surface area contributed by atoms with Gasteiger partial charge in [0.15, 0.2) is 0 Å². The first-order valence-electron chi connectivity index (χ1n) is 6.84. The van der Waals surface area contributed by atoms with E-state index in [-0.39, 0.29) is 0 Å². The van der Waals surface area contributed by atoms with Crippen molar-refractivity contribution in [3.63, 3.8) is 0 Å². The largest absolute Gasteiger partial charge is 0.493 e. The van der Waals surface area contributed by atoms with E-state index < -0.39 is 0 Å². The third-order valence-corrected chi connectivity index (χ3v) is 3.99. The van der Waals surface area contributed by atoms with E-state index in [0.29, 0.717) is 6.04 Å². The summed E-state index contributed by atoms with van der Waals surface area (Å²) in [6.07, 6.45) is 7.16. The highest BCUT2D eigenvalue weighted by atomic mass is 16.5. The van der Waals surface area contributed by atoms with E-state index in [9.17, 15) is 0 Å². The van der Waals surface area contributed by atoms with Gasteiger partial charge in [-0.2, -0.15) is 0 Å². The van der Waals surface area contributed by atoms with Gasteiger partial charge in [-0.3, -0.25) is 0 Å². The van der Waals surface area contributed by atoms with Crippen LogP contribution in [0.25, 0.3) is 0 Å². The molecule has 1 unspecified atom stereocenters. The Labute approximate surface area is 103 Å². The molecule has 1 aromatic rings. The fourth-order valence-corrected chi connectivity index (χ4v) is 2.74. The molecule has 1 aromatic carbocycles. The molecule has 1 atom stereocenters. The van der Waals surface area contributed by atoms with Crippen LogP contribution in [-0.4, -0.2) is 12.6 Å². The molecule has 1 fully saturated rings. The molecule has 1 aliphatic heterocycles. The Balaban J connectivity index is 1.69. The standard InChI is InChI=1S/C15H21NO/c16-14(11-6-7-11)9-8-13-4-1-3-12-5-2-10-17-15(12)13/h1,3-4,11,14H,2,5-10,16H2. The molecule has 1 saturated carbocycles. The molecular formula is C15H21NO. The van der Waals surface area contributed by atoms with Crippen LogP contribution in [0.15, 0.2) is 18.2 Å². The monoisotopic (exact) mass is 231 g/mol. The highest BCUT2D eigenvalue weighted by Crippen LogP contribution is 2.35. The zero-order valence-corrected chi connectivity index (χ0v) is 10.3. The lowest BCUT2D eigenvalue weighted by Crippen LogP contribution is -2.23. The second-order valence-electron chi connectivity index (χ2n) is 5.40. The van der Waals surface area contributed by atoms with Crippen LogP contribution in [0.1, 0.15) is 36.8 Å². The van der Waals surface area contributed by atoms with Crippen molar-refractivity contribution in [2.75, 3.05) is 6.61 Å². The van der Waals surface area contributed by atoms with Gasteiger partial charge >= 0.3 is 0 Å². The van der Waals surface area contributed by atoms with Gasteiger partial charge in [-0.15, -0.1) is 0 Å². The normalized spacial score (nSPS) is 20.5. The molecule has 2 nitrogen and oxygen atoms in total. The second-order valence-corrected chi connectivity index (χ2v) is 5.40. The Morgan fingerprint density at radius 1 is 1.35 bits per heavy atom. The smallest absolute Gasteiger partial charge is 0.125 e. The van der Waals surface area contributed by atoms with Crippen molar-refractivity contribution in [2.45, 2.75) is 44.6 Å². The van der Waals surface area contributed by atoms with Crippen molar-refractivity contribution in [3.8, 4) is 5.75 Å². The van der Waals surface area contributed by atoms with Gasteiger partial charge in [-0.05, 0) is 55.6 Å². The van der Waals surface area contributed by atoms with E-state index in [2.05, 4.69) is 18.2 Å². The number of rotatable bonds is 4. The summed E-state index contributed by atoms with van der Waals surface area (Å²) in [6, 6.07) is 6.95. The Hall–Kier alpha value is -1.02. The molecule has 0 aromatic heterocycles. The predicted octanol–water partition coefficient (Wildman–Crippen LogP) is 2.68. The minimum absolute atomic E-state index is 0.398. The lowest BCUT2D eigenvalue weighted by molar-refractivity contribution is 0.284. The maximum Gasteiger partial charge on any atom is 0.125 e. The van der Waals surface area contributed by atoms with Crippen molar-refractivity contribution >= 4 is 0 Å². The van der Waals surface area contributed by atoms with Crippen LogP contribution in [0, 0.1) is 5.92 Å². The number of nitrogens with two attached hydrogens (primary N) is 1. The van der Waals surface area contributed by atoms with Crippen molar-refractivity contribution in [3.05, 3.63) is 29.3 Å². The van der Waals surface area contributed by atoms with E-state index in [0.717, 1.165) is 44.0 Å². The zero-order chi connectivity index (χ0) is 11.7. The molecule has 2 N–H and O–H groups in total. The number of hydrogen-bond acceptors (Lipinski definition) is 2. The van der Waals surface area contributed by atoms with Crippen molar-refractivity contribution in [1.82, 2.24) is 0 Å². The van der Waals surface area contributed by atoms with Gasteiger partial charge in [-0.25, -0.2) is 0 Å².